The largest absolute Gasteiger partial charge is 0.393 e. The van der Waals surface area contributed by atoms with Gasteiger partial charge in [0.15, 0.2) is 0 Å². The third-order valence-corrected chi connectivity index (χ3v) is 14.3. The van der Waals surface area contributed by atoms with E-state index in [4.69, 9.17) is 9.84 Å². The zero-order chi connectivity index (χ0) is 29.6. The molecule has 0 spiro atoms. The third-order valence-electron chi connectivity index (χ3n) is 14.3. The van der Waals surface area contributed by atoms with Gasteiger partial charge in [-0.3, -0.25) is 5.43 Å². The first-order valence-corrected chi connectivity index (χ1v) is 16.8. The summed E-state index contributed by atoms with van der Waals surface area (Å²) >= 11 is 0. The fraction of sp³-hybridized carbons (Fsp3) is 0.811. The molecule has 1 saturated heterocycles. The van der Waals surface area contributed by atoms with Gasteiger partial charge in [0.1, 0.15) is 0 Å². The maximum Gasteiger partial charge on any atom is 0.0693 e. The molecule has 4 heteroatoms. The lowest BCUT2D eigenvalue weighted by atomic mass is 9.35. The summed E-state index contributed by atoms with van der Waals surface area (Å²) < 4.78 is 6.93. The molecule has 5 fully saturated rings. The Morgan fingerprint density at radius 2 is 1.51 bits per heavy atom. The Kier molecular flexibility index (Phi) is 6.91. The maximum absolute atomic E-state index is 12.2. The van der Waals surface area contributed by atoms with E-state index in [1.807, 2.05) is 0 Å². The second kappa shape index (κ2) is 9.55. The Labute approximate surface area is 250 Å². The molecule has 0 amide bonds. The number of nitrogens with one attached hydrogen (secondary N) is 1. The van der Waals surface area contributed by atoms with Gasteiger partial charge in [0.2, 0.25) is 0 Å². The Bertz CT molecular complexity index is 1190. The monoisotopic (exact) mass is 562 g/mol. The number of rotatable bonds is 3. The quantitative estimate of drug-likeness (QED) is 0.361. The Balaban J connectivity index is 1.28. The smallest absolute Gasteiger partial charge is 0.0693 e. The zero-order valence-corrected chi connectivity index (χ0v) is 27.6. The number of fused-ring (bicyclic) bond motifs is 5. The van der Waals surface area contributed by atoms with Crippen LogP contribution in [0.2, 0.25) is 0 Å². The molecule has 0 unspecified atom stereocenters. The SMILES string of the molecule is Cc1ccc(N/N=C2\CC[C@]3(C)[C@H]4C[C@@H](O)[C@@H]5[C@@H]([C@@]6(C)CCCC(C)(C)O6)CC[C@@]5(C)[C@]4(C)CC[C@H]3C2(C)C)cc1. The first-order valence-electron chi connectivity index (χ1n) is 16.8. The number of aryl methyl sites for hydroxylation is 1. The summed E-state index contributed by atoms with van der Waals surface area (Å²) in [6, 6.07) is 8.54. The molecule has 6 rings (SSSR count). The van der Waals surface area contributed by atoms with E-state index in [-0.39, 0.29) is 39.0 Å². The summed E-state index contributed by atoms with van der Waals surface area (Å²) in [5, 5.41) is 17.2. The Hall–Kier alpha value is -1.39. The van der Waals surface area contributed by atoms with Crippen LogP contribution >= 0.6 is 0 Å². The molecule has 41 heavy (non-hydrogen) atoms. The van der Waals surface area contributed by atoms with Gasteiger partial charge in [-0.2, -0.15) is 5.10 Å². The van der Waals surface area contributed by atoms with Crippen LogP contribution in [0.25, 0.3) is 0 Å². The van der Waals surface area contributed by atoms with Crippen molar-refractivity contribution in [3.8, 4) is 0 Å². The molecule has 9 atom stereocenters. The first kappa shape index (κ1) is 29.7. The summed E-state index contributed by atoms with van der Waals surface area (Å²) in [5.41, 5.74) is 7.47. The second-order valence-corrected chi connectivity index (χ2v) is 17.2. The van der Waals surface area contributed by atoms with E-state index in [2.05, 4.69) is 92.0 Å². The number of ether oxygens (including phenoxy) is 1. The normalized spacial score (nSPS) is 47.8. The van der Waals surface area contributed by atoms with Gasteiger partial charge < -0.3 is 9.84 Å². The van der Waals surface area contributed by atoms with Crippen LogP contribution in [0.4, 0.5) is 5.69 Å². The number of nitrogens with zero attached hydrogens (tertiary/aromatic N) is 1. The van der Waals surface area contributed by atoms with Gasteiger partial charge in [0.25, 0.3) is 0 Å². The fourth-order valence-corrected chi connectivity index (χ4v) is 12.1. The van der Waals surface area contributed by atoms with E-state index < -0.39 is 0 Å². The van der Waals surface area contributed by atoms with Crippen molar-refractivity contribution >= 4 is 11.4 Å². The van der Waals surface area contributed by atoms with Crippen molar-refractivity contribution in [3.63, 3.8) is 0 Å². The van der Waals surface area contributed by atoms with Crippen LogP contribution in [0, 0.1) is 52.3 Å². The van der Waals surface area contributed by atoms with Crippen LogP contribution in [0.15, 0.2) is 29.4 Å². The van der Waals surface area contributed by atoms with Crippen molar-refractivity contribution in [1.29, 1.82) is 0 Å². The summed E-state index contributed by atoms with van der Waals surface area (Å²) in [6.45, 7) is 21.8. The number of benzene rings is 1. The van der Waals surface area contributed by atoms with E-state index in [9.17, 15) is 5.11 Å². The molecule has 2 N–H and O–H groups in total. The summed E-state index contributed by atoms with van der Waals surface area (Å²) in [5.74, 6) is 1.88. The van der Waals surface area contributed by atoms with Crippen LogP contribution in [0.5, 0.6) is 0 Å². The predicted molar refractivity (Wildman–Crippen MR) is 170 cm³/mol. The highest BCUT2D eigenvalue weighted by Gasteiger charge is 2.71. The Morgan fingerprint density at radius 3 is 2.20 bits per heavy atom. The first-order chi connectivity index (χ1) is 19.1. The lowest BCUT2D eigenvalue weighted by Gasteiger charge is -2.70. The highest BCUT2D eigenvalue weighted by molar-refractivity contribution is 5.91. The molecule has 1 heterocycles. The molecule has 4 nitrogen and oxygen atoms in total. The van der Waals surface area contributed by atoms with Crippen molar-refractivity contribution in [2.45, 2.75) is 144 Å². The van der Waals surface area contributed by atoms with E-state index in [1.165, 1.54) is 49.8 Å². The second-order valence-electron chi connectivity index (χ2n) is 17.2. The predicted octanol–water partition coefficient (Wildman–Crippen LogP) is 9.16. The van der Waals surface area contributed by atoms with Gasteiger partial charge >= 0.3 is 0 Å². The van der Waals surface area contributed by atoms with Crippen molar-refractivity contribution in [2.24, 2.45) is 50.4 Å². The van der Waals surface area contributed by atoms with E-state index in [0.717, 1.165) is 31.4 Å². The number of hydrogen-bond donors (Lipinski definition) is 2. The van der Waals surface area contributed by atoms with Crippen LogP contribution in [-0.4, -0.2) is 28.1 Å². The molecule has 4 aliphatic carbocycles. The maximum atomic E-state index is 12.2. The summed E-state index contributed by atoms with van der Waals surface area (Å²) in [4.78, 5) is 0. The molecule has 0 bridgehead atoms. The van der Waals surface area contributed by atoms with Crippen molar-refractivity contribution in [3.05, 3.63) is 29.8 Å². The molecule has 0 aromatic heterocycles. The van der Waals surface area contributed by atoms with Gasteiger partial charge in [-0.1, -0.05) is 52.3 Å². The van der Waals surface area contributed by atoms with Crippen molar-refractivity contribution in [1.82, 2.24) is 0 Å². The van der Waals surface area contributed by atoms with Gasteiger partial charge in [-0.05, 0) is 144 Å². The molecule has 0 radical (unpaired) electrons. The molecule has 5 aliphatic rings. The minimum absolute atomic E-state index is 0.0297. The lowest BCUT2D eigenvalue weighted by Crippen LogP contribution is -2.66. The van der Waals surface area contributed by atoms with Crippen LogP contribution < -0.4 is 5.43 Å². The standard InChI is InChI=1S/C37H58N2O2/c1-24-11-13-25(14-12-24)38-39-30-17-20-34(6)28(33(30,4)5)16-22-35(7)29(34)23-27(40)31-26(15-21-36(31,35)8)37(9)19-10-18-32(2,3)41-37/h11-14,26-29,31,38,40H,10,15-23H2,1-9H3/b39-30+/t26-,27+,28-,29+,31-,34-,35+,36+,37+/m0/s1. The van der Waals surface area contributed by atoms with Gasteiger partial charge in [-0.25, -0.2) is 0 Å². The highest BCUT2D eigenvalue weighted by atomic mass is 16.5. The molecular formula is C37H58N2O2. The minimum Gasteiger partial charge on any atom is -0.393 e. The molecule has 228 valence electrons. The average Bonchev–Trinajstić information content (AvgIpc) is 3.26. The Morgan fingerprint density at radius 1 is 0.829 bits per heavy atom. The van der Waals surface area contributed by atoms with Crippen molar-refractivity contribution in [2.75, 3.05) is 5.43 Å². The summed E-state index contributed by atoms with van der Waals surface area (Å²) in [6.07, 6.45) is 11.3. The van der Waals surface area contributed by atoms with E-state index >= 15 is 0 Å². The number of aliphatic hydroxyl groups is 1. The minimum atomic E-state index is -0.243. The third kappa shape index (κ3) is 4.39. The molecule has 4 saturated carbocycles. The highest BCUT2D eigenvalue weighted by Crippen LogP contribution is 2.76. The molecule has 1 aromatic carbocycles. The topological polar surface area (TPSA) is 53.9 Å². The molecule has 1 aromatic rings. The fourth-order valence-electron chi connectivity index (χ4n) is 12.1. The van der Waals surface area contributed by atoms with Gasteiger partial charge in [0, 0.05) is 11.1 Å². The average molecular weight is 563 g/mol. The molecular weight excluding hydrogens is 504 g/mol. The van der Waals surface area contributed by atoms with E-state index in [1.54, 1.807) is 0 Å². The van der Waals surface area contributed by atoms with Crippen LogP contribution in [-0.2, 0) is 4.74 Å². The van der Waals surface area contributed by atoms with Crippen LogP contribution in [0.3, 0.4) is 0 Å². The van der Waals surface area contributed by atoms with Crippen LogP contribution in [0.1, 0.15) is 125 Å². The van der Waals surface area contributed by atoms with Gasteiger partial charge in [-0.15, -0.1) is 0 Å². The summed E-state index contributed by atoms with van der Waals surface area (Å²) in [7, 11) is 0. The number of hydrogen-bond acceptors (Lipinski definition) is 4. The van der Waals surface area contributed by atoms with Gasteiger partial charge in [0.05, 0.1) is 23.0 Å². The zero-order valence-electron chi connectivity index (χ0n) is 27.6. The number of aliphatic hydroxyl groups excluding tert-OH is 1. The lowest BCUT2D eigenvalue weighted by molar-refractivity contribution is -0.244. The number of anilines is 1. The number of hydrazone groups is 1. The van der Waals surface area contributed by atoms with E-state index in [0.29, 0.717) is 23.7 Å². The van der Waals surface area contributed by atoms with Crippen molar-refractivity contribution < 1.29 is 9.84 Å². The molecule has 1 aliphatic heterocycles.